The van der Waals surface area contributed by atoms with Crippen LogP contribution in [0.15, 0.2) is 42.5 Å². The Balaban J connectivity index is 1.98. The van der Waals surface area contributed by atoms with Crippen LogP contribution in [0.4, 0.5) is 5.69 Å². The number of amides is 1. The fraction of sp³-hybridized carbons (Fsp3) is 0.125. The average Bonchev–Trinajstić information content (AvgIpc) is 2.49. The molecule has 1 amide bonds. The van der Waals surface area contributed by atoms with E-state index < -0.39 is 11.9 Å². The summed E-state index contributed by atoms with van der Waals surface area (Å²) in [6, 6.07) is 11.3. The molecule has 2 aromatic rings. The summed E-state index contributed by atoms with van der Waals surface area (Å²) in [4.78, 5) is 22.9. The van der Waals surface area contributed by atoms with Crippen molar-refractivity contribution < 1.29 is 19.4 Å². The van der Waals surface area contributed by atoms with E-state index in [-0.39, 0.29) is 17.9 Å². The van der Waals surface area contributed by atoms with E-state index in [4.69, 9.17) is 21.4 Å². The van der Waals surface area contributed by atoms with E-state index in [1.807, 2.05) is 6.92 Å². The number of benzene rings is 2. The van der Waals surface area contributed by atoms with Gasteiger partial charge in [-0.2, -0.15) is 0 Å². The van der Waals surface area contributed by atoms with Gasteiger partial charge >= 0.3 is 5.97 Å². The van der Waals surface area contributed by atoms with Crippen molar-refractivity contribution in [2.24, 2.45) is 0 Å². The van der Waals surface area contributed by atoms with Gasteiger partial charge in [-0.1, -0.05) is 29.8 Å². The molecular formula is C16H14ClNO4. The highest BCUT2D eigenvalue weighted by atomic mass is 35.5. The van der Waals surface area contributed by atoms with Gasteiger partial charge in [0.2, 0.25) is 0 Å². The molecule has 114 valence electrons. The predicted octanol–water partition coefficient (Wildman–Crippen LogP) is 3.36. The minimum Gasteiger partial charge on any atom is -0.483 e. The summed E-state index contributed by atoms with van der Waals surface area (Å²) < 4.78 is 5.26. The highest BCUT2D eigenvalue weighted by molar-refractivity contribution is 6.31. The van der Waals surface area contributed by atoms with Gasteiger partial charge in [-0.3, -0.25) is 4.79 Å². The molecule has 0 saturated carbocycles. The van der Waals surface area contributed by atoms with Crippen molar-refractivity contribution in [3.8, 4) is 5.75 Å². The molecule has 0 radical (unpaired) electrons. The van der Waals surface area contributed by atoms with Crippen LogP contribution >= 0.6 is 11.6 Å². The first-order valence-electron chi connectivity index (χ1n) is 6.48. The van der Waals surface area contributed by atoms with E-state index in [9.17, 15) is 9.59 Å². The molecule has 5 nitrogen and oxygen atoms in total. The lowest BCUT2D eigenvalue weighted by Crippen LogP contribution is -2.20. The van der Waals surface area contributed by atoms with Crippen LogP contribution in [-0.4, -0.2) is 23.6 Å². The van der Waals surface area contributed by atoms with E-state index in [1.54, 1.807) is 30.3 Å². The Hall–Kier alpha value is -2.53. The van der Waals surface area contributed by atoms with E-state index >= 15 is 0 Å². The number of hydrogen-bond donors (Lipinski definition) is 2. The number of anilines is 1. The molecule has 2 aromatic carbocycles. The number of carbonyl (C=O) groups is 2. The number of carboxylic acids is 1. The van der Waals surface area contributed by atoms with Gasteiger partial charge in [0.05, 0.1) is 0 Å². The number of nitrogens with one attached hydrogen (secondary N) is 1. The molecule has 0 bridgehead atoms. The number of carboxylic acid groups (broad SMARTS) is 1. The first-order chi connectivity index (χ1) is 10.5. The van der Waals surface area contributed by atoms with E-state index in [1.165, 1.54) is 12.1 Å². The second kappa shape index (κ2) is 6.95. The smallest absolute Gasteiger partial charge is 0.339 e. The standard InChI is InChI=1S/C16H14ClNO4/c1-10-6-7-11(8-13(10)17)18-15(19)9-22-14-5-3-2-4-12(14)16(20)21/h2-8H,9H2,1H3,(H,18,19)(H,20,21). The van der Waals surface area contributed by atoms with Gasteiger partial charge < -0.3 is 15.2 Å². The Morgan fingerprint density at radius 3 is 2.64 bits per heavy atom. The number of para-hydroxylation sites is 1. The maximum Gasteiger partial charge on any atom is 0.339 e. The minimum absolute atomic E-state index is 0.00804. The molecule has 0 spiro atoms. The van der Waals surface area contributed by atoms with Gasteiger partial charge in [0, 0.05) is 10.7 Å². The second-order valence-corrected chi connectivity index (χ2v) is 5.01. The molecule has 2 rings (SSSR count). The first kappa shape index (κ1) is 15.9. The molecule has 22 heavy (non-hydrogen) atoms. The molecule has 0 unspecified atom stereocenters. The summed E-state index contributed by atoms with van der Waals surface area (Å²) >= 11 is 5.98. The van der Waals surface area contributed by atoms with Crippen molar-refractivity contribution >= 4 is 29.2 Å². The summed E-state index contributed by atoms with van der Waals surface area (Å²) in [7, 11) is 0. The number of hydrogen-bond acceptors (Lipinski definition) is 3. The molecule has 0 aliphatic carbocycles. The van der Waals surface area contributed by atoms with Crippen LogP contribution in [0.2, 0.25) is 5.02 Å². The Kier molecular flexibility index (Phi) is 5.01. The summed E-state index contributed by atoms with van der Waals surface area (Å²) in [5.74, 6) is -1.37. The van der Waals surface area contributed by atoms with Crippen molar-refractivity contribution in [2.75, 3.05) is 11.9 Å². The number of halogens is 1. The number of aryl methyl sites for hydroxylation is 1. The SMILES string of the molecule is Cc1ccc(NC(=O)COc2ccccc2C(=O)O)cc1Cl. The lowest BCUT2D eigenvalue weighted by Gasteiger charge is -2.10. The highest BCUT2D eigenvalue weighted by Crippen LogP contribution is 2.20. The molecular weight excluding hydrogens is 306 g/mol. The van der Waals surface area contributed by atoms with Crippen LogP contribution in [-0.2, 0) is 4.79 Å². The third-order valence-corrected chi connectivity index (χ3v) is 3.34. The van der Waals surface area contributed by atoms with Gasteiger partial charge in [-0.15, -0.1) is 0 Å². The third kappa shape index (κ3) is 3.99. The van der Waals surface area contributed by atoms with Crippen LogP contribution in [0.3, 0.4) is 0 Å². The number of rotatable bonds is 5. The third-order valence-electron chi connectivity index (χ3n) is 2.93. The van der Waals surface area contributed by atoms with Crippen molar-refractivity contribution in [3.05, 3.63) is 58.6 Å². The zero-order chi connectivity index (χ0) is 16.1. The van der Waals surface area contributed by atoms with Gasteiger partial charge in [0.15, 0.2) is 6.61 Å². The van der Waals surface area contributed by atoms with Gasteiger partial charge in [-0.05, 0) is 36.8 Å². The minimum atomic E-state index is -1.11. The lowest BCUT2D eigenvalue weighted by atomic mass is 10.2. The molecule has 0 aliphatic heterocycles. The van der Waals surface area contributed by atoms with Crippen molar-refractivity contribution in [2.45, 2.75) is 6.92 Å². The fourth-order valence-corrected chi connectivity index (χ4v) is 1.96. The molecule has 0 atom stereocenters. The summed E-state index contributed by atoms with van der Waals surface area (Å²) in [6.45, 7) is 1.57. The number of carbonyl (C=O) groups excluding carboxylic acids is 1. The van der Waals surface area contributed by atoms with E-state index in [0.29, 0.717) is 10.7 Å². The van der Waals surface area contributed by atoms with Gasteiger partial charge in [0.25, 0.3) is 5.91 Å². The topological polar surface area (TPSA) is 75.6 Å². The second-order valence-electron chi connectivity index (χ2n) is 4.60. The highest BCUT2D eigenvalue weighted by Gasteiger charge is 2.12. The fourth-order valence-electron chi connectivity index (χ4n) is 1.78. The normalized spacial score (nSPS) is 10.1. The van der Waals surface area contributed by atoms with Crippen molar-refractivity contribution in [1.29, 1.82) is 0 Å². The molecule has 6 heteroatoms. The van der Waals surface area contributed by atoms with Gasteiger partial charge in [-0.25, -0.2) is 4.79 Å². The van der Waals surface area contributed by atoms with Crippen LogP contribution in [0.25, 0.3) is 0 Å². The average molecular weight is 320 g/mol. The largest absolute Gasteiger partial charge is 0.483 e. The Morgan fingerprint density at radius 2 is 1.95 bits per heavy atom. The monoisotopic (exact) mass is 319 g/mol. The van der Waals surface area contributed by atoms with Gasteiger partial charge in [0.1, 0.15) is 11.3 Å². The Labute approximate surface area is 132 Å². The number of aromatic carboxylic acids is 1. The van der Waals surface area contributed by atoms with E-state index in [0.717, 1.165) is 5.56 Å². The Morgan fingerprint density at radius 1 is 1.23 bits per heavy atom. The molecule has 0 saturated heterocycles. The molecule has 0 aliphatic rings. The van der Waals surface area contributed by atoms with Crippen LogP contribution < -0.4 is 10.1 Å². The maximum atomic E-state index is 11.8. The van der Waals surface area contributed by atoms with E-state index in [2.05, 4.69) is 5.32 Å². The van der Waals surface area contributed by atoms with Crippen LogP contribution in [0.5, 0.6) is 5.75 Å². The summed E-state index contributed by atoms with van der Waals surface area (Å²) in [5.41, 5.74) is 1.47. The zero-order valence-electron chi connectivity index (χ0n) is 11.8. The van der Waals surface area contributed by atoms with Crippen LogP contribution in [0, 0.1) is 6.92 Å². The van der Waals surface area contributed by atoms with Crippen molar-refractivity contribution in [3.63, 3.8) is 0 Å². The first-order valence-corrected chi connectivity index (χ1v) is 6.86. The summed E-state index contributed by atoms with van der Waals surface area (Å²) in [6.07, 6.45) is 0. The predicted molar refractivity (Wildman–Crippen MR) is 83.7 cm³/mol. The molecule has 0 heterocycles. The summed E-state index contributed by atoms with van der Waals surface area (Å²) in [5, 5.41) is 12.2. The maximum absolute atomic E-state index is 11.8. The number of ether oxygens (including phenoxy) is 1. The van der Waals surface area contributed by atoms with Crippen molar-refractivity contribution in [1.82, 2.24) is 0 Å². The molecule has 0 fully saturated rings. The van der Waals surface area contributed by atoms with Crippen LogP contribution in [0.1, 0.15) is 15.9 Å². The Bertz CT molecular complexity index is 715. The molecule has 2 N–H and O–H groups in total. The quantitative estimate of drug-likeness (QED) is 0.886. The zero-order valence-corrected chi connectivity index (χ0v) is 12.6. The molecule has 0 aromatic heterocycles. The lowest BCUT2D eigenvalue weighted by molar-refractivity contribution is -0.118.